The van der Waals surface area contributed by atoms with E-state index in [1.807, 2.05) is 30.3 Å². The Kier molecular flexibility index (Phi) is 4.45. The highest BCUT2D eigenvalue weighted by molar-refractivity contribution is 9.10. The Hall–Kier alpha value is -1.97. The number of hydrogen-bond acceptors (Lipinski definition) is 4. The molecule has 0 bridgehead atoms. The van der Waals surface area contributed by atoms with Gasteiger partial charge in [0.2, 0.25) is 10.0 Å². The third kappa shape index (κ3) is 3.00. The number of nitrogens with zero attached hydrogens (tertiary/aromatic N) is 2. The lowest BCUT2D eigenvalue weighted by atomic mass is 9.99. The van der Waals surface area contributed by atoms with Crippen LogP contribution in [0, 0.1) is 0 Å². The van der Waals surface area contributed by atoms with Gasteiger partial charge in [-0.05, 0) is 45.6 Å². The first-order valence-electron chi connectivity index (χ1n) is 8.29. The molecule has 0 saturated carbocycles. The molecule has 0 radical (unpaired) electrons. The van der Waals surface area contributed by atoms with Crippen molar-refractivity contribution in [2.75, 3.05) is 13.1 Å². The largest absolute Gasteiger partial charge is 0.340 e. The van der Waals surface area contributed by atoms with E-state index in [1.165, 1.54) is 4.31 Å². The number of aromatic amines is 2. The maximum atomic E-state index is 13.2. The maximum absolute atomic E-state index is 13.2. The van der Waals surface area contributed by atoms with Gasteiger partial charge in [-0.3, -0.25) is 4.98 Å². The second kappa shape index (κ2) is 6.64. The van der Waals surface area contributed by atoms with E-state index < -0.39 is 10.0 Å². The molecule has 1 fully saturated rings. The summed E-state index contributed by atoms with van der Waals surface area (Å²) < 4.78 is 28.5. The van der Waals surface area contributed by atoms with Crippen molar-refractivity contribution in [2.24, 2.45) is 0 Å². The van der Waals surface area contributed by atoms with Crippen LogP contribution < -0.4 is 5.69 Å². The first kappa shape index (κ1) is 17.4. The summed E-state index contributed by atoms with van der Waals surface area (Å²) in [5.41, 5.74) is -0.378. The van der Waals surface area contributed by atoms with Gasteiger partial charge in [0.15, 0.2) is 0 Å². The Morgan fingerprint density at radius 1 is 1.19 bits per heavy atom. The van der Waals surface area contributed by atoms with Gasteiger partial charge in [-0.25, -0.2) is 18.3 Å². The zero-order chi connectivity index (χ0) is 18.3. The summed E-state index contributed by atoms with van der Waals surface area (Å²) >= 11 is 3.48. The van der Waals surface area contributed by atoms with Crippen LogP contribution in [0.3, 0.4) is 0 Å². The van der Waals surface area contributed by atoms with Crippen LogP contribution in [0.4, 0.5) is 0 Å². The van der Waals surface area contributed by atoms with Crippen LogP contribution in [0.15, 0.2) is 50.6 Å². The number of nitrogens with one attached hydrogen (secondary N) is 2. The van der Waals surface area contributed by atoms with E-state index in [-0.39, 0.29) is 16.5 Å². The van der Waals surface area contributed by atoms with Gasteiger partial charge in [-0.1, -0.05) is 30.3 Å². The van der Waals surface area contributed by atoms with Gasteiger partial charge in [0.1, 0.15) is 5.82 Å². The van der Waals surface area contributed by atoms with E-state index in [4.69, 9.17) is 0 Å². The van der Waals surface area contributed by atoms with Crippen molar-refractivity contribution in [3.63, 3.8) is 0 Å². The molecule has 7 nitrogen and oxygen atoms in total. The van der Waals surface area contributed by atoms with Gasteiger partial charge in [-0.2, -0.15) is 9.40 Å². The quantitative estimate of drug-likeness (QED) is 0.658. The highest BCUT2D eigenvalue weighted by Crippen LogP contribution is 2.34. The van der Waals surface area contributed by atoms with Gasteiger partial charge >= 0.3 is 5.69 Å². The average Bonchev–Trinajstić information content (AvgIpc) is 3.09. The highest BCUT2D eigenvalue weighted by Gasteiger charge is 2.33. The Morgan fingerprint density at radius 3 is 2.77 bits per heavy atom. The molecule has 2 N–H and O–H groups in total. The number of hydrogen-bond donors (Lipinski definition) is 2. The fourth-order valence-corrected chi connectivity index (χ4v) is 6.12. The van der Waals surface area contributed by atoms with Crippen LogP contribution in [0.1, 0.15) is 24.6 Å². The standard InChI is InChI=1S/C17H17BrN4O3S/c18-15-13-6-2-1-4-11(13)7-8-14(15)26(24,25)22-9-3-5-12(10-22)16-19-17(23)21-20-16/h1-2,4,6-8,12H,3,5,9-10H2,(H2,19,20,21,23). The normalized spacial score (nSPS) is 19.0. The van der Waals surface area contributed by atoms with Crippen LogP contribution in [0.25, 0.3) is 10.8 Å². The fourth-order valence-electron chi connectivity index (χ4n) is 3.41. The van der Waals surface area contributed by atoms with E-state index in [2.05, 4.69) is 31.1 Å². The molecular formula is C17H17BrN4O3S. The van der Waals surface area contributed by atoms with Crippen molar-refractivity contribution in [1.29, 1.82) is 0 Å². The minimum atomic E-state index is -3.66. The number of sulfonamides is 1. The predicted octanol–water partition coefficient (Wildman–Crippen LogP) is 2.58. The summed E-state index contributed by atoms with van der Waals surface area (Å²) in [7, 11) is -3.66. The zero-order valence-corrected chi connectivity index (χ0v) is 16.2. The summed E-state index contributed by atoms with van der Waals surface area (Å²) in [5.74, 6) is 0.379. The molecule has 1 unspecified atom stereocenters. The molecule has 3 aromatic rings. The molecular weight excluding hydrogens is 420 g/mol. The minimum Gasteiger partial charge on any atom is -0.293 e. The van der Waals surface area contributed by atoms with E-state index in [0.29, 0.717) is 29.8 Å². The van der Waals surface area contributed by atoms with Gasteiger partial charge in [-0.15, -0.1) is 0 Å². The molecule has 136 valence electrons. The Balaban J connectivity index is 1.70. The van der Waals surface area contributed by atoms with E-state index in [1.54, 1.807) is 6.07 Å². The Morgan fingerprint density at radius 2 is 2.00 bits per heavy atom. The summed E-state index contributed by atoms with van der Waals surface area (Å²) in [5, 5.41) is 8.14. The summed E-state index contributed by atoms with van der Waals surface area (Å²) in [6.07, 6.45) is 1.50. The predicted molar refractivity (Wildman–Crippen MR) is 102 cm³/mol. The second-order valence-corrected chi connectivity index (χ2v) is 9.06. The zero-order valence-electron chi connectivity index (χ0n) is 13.8. The molecule has 2 aromatic carbocycles. The van der Waals surface area contributed by atoms with Crippen LogP contribution in [0.5, 0.6) is 0 Å². The van der Waals surface area contributed by atoms with Gasteiger partial charge in [0.05, 0.1) is 4.90 Å². The topological polar surface area (TPSA) is 98.9 Å². The highest BCUT2D eigenvalue weighted by atomic mass is 79.9. The van der Waals surface area contributed by atoms with E-state index in [9.17, 15) is 13.2 Å². The van der Waals surface area contributed by atoms with Crippen molar-refractivity contribution in [1.82, 2.24) is 19.5 Å². The molecule has 0 aliphatic carbocycles. The molecule has 0 amide bonds. The number of aromatic nitrogens is 3. The maximum Gasteiger partial charge on any atom is 0.340 e. The lowest BCUT2D eigenvalue weighted by Crippen LogP contribution is -2.39. The van der Waals surface area contributed by atoms with Crippen LogP contribution in [-0.2, 0) is 10.0 Å². The smallest absolute Gasteiger partial charge is 0.293 e. The summed E-state index contributed by atoms with van der Waals surface area (Å²) in [6.45, 7) is 0.745. The lowest BCUT2D eigenvalue weighted by molar-refractivity contribution is 0.309. The number of H-pyrrole nitrogens is 2. The van der Waals surface area contributed by atoms with E-state index in [0.717, 1.165) is 17.2 Å². The molecule has 1 aliphatic heterocycles. The molecule has 0 spiro atoms. The number of benzene rings is 2. The third-order valence-electron chi connectivity index (χ3n) is 4.74. The molecule has 1 aromatic heterocycles. The monoisotopic (exact) mass is 436 g/mol. The van der Waals surface area contributed by atoms with Crippen molar-refractivity contribution in [3.05, 3.63) is 57.2 Å². The minimum absolute atomic E-state index is 0.128. The number of halogens is 1. The summed E-state index contributed by atoms with van der Waals surface area (Å²) in [4.78, 5) is 14.2. The second-order valence-electron chi connectivity index (χ2n) is 6.36. The number of piperidine rings is 1. The number of rotatable bonds is 3. The molecule has 4 rings (SSSR count). The molecule has 1 saturated heterocycles. The number of fused-ring (bicyclic) bond motifs is 1. The molecule has 9 heteroatoms. The van der Waals surface area contributed by atoms with Crippen molar-refractivity contribution in [3.8, 4) is 0 Å². The molecule has 2 heterocycles. The van der Waals surface area contributed by atoms with Gasteiger partial charge < -0.3 is 0 Å². The Bertz CT molecular complexity index is 1120. The average molecular weight is 437 g/mol. The SMILES string of the molecule is O=c1[nH]nc(C2CCCN(S(=O)(=O)c3ccc4ccccc4c3Br)C2)[nH]1. The molecule has 26 heavy (non-hydrogen) atoms. The van der Waals surface area contributed by atoms with Crippen molar-refractivity contribution in [2.45, 2.75) is 23.7 Å². The Labute approximate surface area is 158 Å². The lowest BCUT2D eigenvalue weighted by Gasteiger charge is -2.31. The van der Waals surface area contributed by atoms with Gasteiger partial charge in [0, 0.05) is 23.5 Å². The molecule has 1 atom stereocenters. The van der Waals surface area contributed by atoms with Crippen LogP contribution in [0.2, 0.25) is 0 Å². The van der Waals surface area contributed by atoms with Crippen LogP contribution in [-0.4, -0.2) is 41.0 Å². The van der Waals surface area contributed by atoms with Crippen molar-refractivity contribution < 1.29 is 8.42 Å². The third-order valence-corrected chi connectivity index (χ3v) is 7.76. The van der Waals surface area contributed by atoms with Gasteiger partial charge in [0.25, 0.3) is 0 Å². The first-order valence-corrected chi connectivity index (χ1v) is 10.5. The van der Waals surface area contributed by atoms with Crippen molar-refractivity contribution >= 4 is 36.7 Å². The summed E-state index contributed by atoms with van der Waals surface area (Å²) in [6, 6.07) is 11.1. The first-order chi connectivity index (χ1) is 12.5. The van der Waals surface area contributed by atoms with Crippen LogP contribution >= 0.6 is 15.9 Å². The molecule has 1 aliphatic rings. The van der Waals surface area contributed by atoms with E-state index >= 15 is 0 Å². The fraction of sp³-hybridized carbons (Fsp3) is 0.294.